The minimum Gasteiger partial charge on any atom is -0.493 e. The topological polar surface area (TPSA) is 126 Å². The highest BCUT2D eigenvalue weighted by atomic mass is 16.6. The van der Waals surface area contributed by atoms with Gasteiger partial charge in [0.2, 0.25) is 17.7 Å². The van der Waals surface area contributed by atoms with E-state index in [4.69, 9.17) is 14.6 Å². The van der Waals surface area contributed by atoms with Gasteiger partial charge in [0, 0.05) is 44.7 Å². The van der Waals surface area contributed by atoms with Gasteiger partial charge in [0.1, 0.15) is 5.75 Å². The van der Waals surface area contributed by atoms with Crippen molar-refractivity contribution in [1.82, 2.24) is 14.8 Å². The minimum atomic E-state index is -0.869. The fourth-order valence-corrected chi connectivity index (χ4v) is 4.85. The predicted molar refractivity (Wildman–Crippen MR) is 141 cm³/mol. The van der Waals surface area contributed by atoms with Crippen LogP contribution in [0.25, 0.3) is 0 Å². The Hall–Kier alpha value is -3.95. The SMILES string of the molecule is CC1(C)CC(=O)N(CCc2ccc(OC(=O)N3CCC(COc4ccc(CC(=O)O)cc4)CC3)nc2)C(=O)C1. The fourth-order valence-electron chi connectivity index (χ4n) is 4.85. The third-order valence-corrected chi connectivity index (χ3v) is 7.11. The molecule has 2 aromatic rings. The zero-order valence-corrected chi connectivity index (χ0v) is 22.4. The van der Waals surface area contributed by atoms with Gasteiger partial charge < -0.3 is 19.5 Å². The van der Waals surface area contributed by atoms with E-state index < -0.39 is 12.1 Å². The van der Waals surface area contributed by atoms with Gasteiger partial charge in [0.05, 0.1) is 13.0 Å². The van der Waals surface area contributed by atoms with E-state index in [1.165, 1.54) is 4.90 Å². The first-order chi connectivity index (χ1) is 18.6. The molecule has 10 nitrogen and oxygen atoms in total. The summed E-state index contributed by atoms with van der Waals surface area (Å²) in [7, 11) is 0. The molecule has 0 bridgehead atoms. The molecular formula is C29H35N3O7. The highest BCUT2D eigenvalue weighted by molar-refractivity contribution is 5.98. The molecule has 0 atom stereocenters. The van der Waals surface area contributed by atoms with Crippen LogP contribution in [0.2, 0.25) is 0 Å². The molecule has 0 saturated carbocycles. The van der Waals surface area contributed by atoms with Crippen molar-refractivity contribution in [3.8, 4) is 11.6 Å². The Balaban J connectivity index is 1.17. The molecule has 1 aromatic carbocycles. The monoisotopic (exact) mass is 537 g/mol. The maximum Gasteiger partial charge on any atom is 0.416 e. The molecule has 1 N–H and O–H groups in total. The van der Waals surface area contributed by atoms with Crippen LogP contribution in [-0.4, -0.2) is 70.0 Å². The molecule has 3 heterocycles. The average Bonchev–Trinajstić information content (AvgIpc) is 2.88. The van der Waals surface area contributed by atoms with Crippen molar-refractivity contribution in [2.75, 3.05) is 26.2 Å². The summed E-state index contributed by atoms with van der Waals surface area (Å²) in [4.78, 5) is 55.3. The zero-order chi connectivity index (χ0) is 28.0. The number of ether oxygens (including phenoxy) is 2. The van der Waals surface area contributed by atoms with E-state index in [1.807, 2.05) is 13.8 Å². The first-order valence-corrected chi connectivity index (χ1v) is 13.3. The molecule has 4 rings (SSSR count). The Bertz CT molecular complexity index is 1170. The summed E-state index contributed by atoms with van der Waals surface area (Å²) in [6, 6.07) is 10.5. The van der Waals surface area contributed by atoms with E-state index in [0.29, 0.717) is 57.2 Å². The quantitative estimate of drug-likeness (QED) is 0.480. The third-order valence-electron chi connectivity index (χ3n) is 7.11. The van der Waals surface area contributed by atoms with Crippen LogP contribution in [0.5, 0.6) is 11.6 Å². The third kappa shape index (κ3) is 8.02. The average molecular weight is 538 g/mol. The molecule has 2 aliphatic heterocycles. The lowest BCUT2D eigenvalue weighted by Crippen LogP contribution is -2.46. The van der Waals surface area contributed by atoms with Crippen LogP contribution in [0.1, 0.15) is 50.7 Å². The first kappa shape index (κ1) is 28.1. The maximum atomic E-state index is 12.6. The van der Waals surface area contributed by atoms with Crippen molar-refractivity contribution in [3.63, 3.8) is 0 Å². The fraction of sp³-hybridized carbons (Fsp3) is 0.483. The van der Waals surface area contributed by atoms with Gasteiger partial charge in [0.25, 0.3) is 0 Å². The summed E-state index contributed by atoms with van der Waals surface area (Å²) in [6.07, 6.45) is 3.91. The van der Waals surface area contributed by atoms with Crippen LogP contribution in [0, 0.1) is 11.3 Å². The van der Waals surface area contributed by atoms with Crippen molar-refractivity contribution in [2.24, 2.45) is 11.3 Å². The highest BCUT2D eigenvalue weighted by Gasteiger charge is 2.37. The predicted octanol–water partition coefficient (Wildman–Crippen LogP) is 3.72. The van der Waals surface area contributed by atoms with Gasteiger partial charge in [-0.05, 0) is 53.9 Å². The van der Waals surface area contributed by atoms with Gasteiger partial charge >= 0.3 is 12.1 Å². The molecule has 3 amide bonds. The van der Waals surface area contributed by atoms with Crippen molar-refractivity contribution in [1.29, 1.82) is 0 Å². The summed E-state index contributed by atoms with van der Waals surface area (Å²) >= 11 is 0. The zero-order valence-electron chi connectivity index (χ0n) is 22.4. The first-order valence-electron chi connectivity index (χ1n) is 13.3. The number of hydrogen-bond acceptors (Lipinski definition) is 7. The van der Waals surface area contributed by atoms with E-state index >= 15 is 0 Å². The number of carboxylic acids is 1. The molecule has 2 saturated heterocycles. The van der Waals surface area contributed by atoms with Gasteiger partial charge in [-0.2, -0.15) is 0 Å². The molecule has 0 unspecified atom stereocenters. The van der Waals surface area contributed by atoms with Gasteiger partial charge in [-0.3, -0.25) is 19.3 Å². The highest BCUT2D eigenvalue weighted by Crippen LogP contribution is 2.31. The number of nitrogens with zero attached hydrogens (tertiary/aromatic N) is 3. The molecular weight excluding hydrogens is 502 g/mol. The molecule has 1 aromatic heterocycles. The summed E-state index contributed by atoms with van der Waals surface area (Å²) in [6.45, 7) is 5.79. The number of benzene rings is 1. The van der Waals surface area contributed by atoms with Crippen LogP contribution in [0.3, 0.4) is 0 Å². The Morgan fingerprint density at radius 2 is 1.64 bits per heavy atom. The number of aromatic nitrogens is 1. The molecule has 0 spiro atoms. The lowest BCUT2D eigenvalue weighted by atomic mass is 9.81. The van der Waals surface area contributed by atoms with Crippen molar-refractivity contribution in [2.45, 2.75) is 52.4 Å². The molecule has 2 fully saturated rings. The van der Waals surface area contributed by atoms with Gasteiger partial charge in [0.15, 0.2) is 0 Å². The van der Waals surface area contributed by atoms with E-state index in [0.717, 1.165) is 24.0 Å². The molecule has 2 aliphatic rings. The molecule has 39 heavy (non-hydrogen) atoms. The Kier molecular flexibility index (Phi) is 8.83. The number of imide groups is 1. The molecule has 0 radical (unpaired) electrons. The van der Waals surface area contributed by atoms with Crippen molar-refractivity contribution >= 4 is 23.9 Å². The normalized spacial score (nSPS) is 17.7. The van der Waals surface area contributed by atoms with Gasteiger partial charge in [-0.1, -0.05) is 32.0 Å². The Morgan fingerprint density at radius 1 is 1.00 bits per heavy atom. The second-order valence-corrected chi connectivity index (χ2v) is 11.0. The van der Waals surface area contributed by atoms with Crippen molar-refractivity contribution in [3.05, 3.63) is 53.7 Å². The standard InChI is InChI=1S/C29H35N3O7/c1-29(2)16-25(33)32(26(34)17-29)14-11-21-5-8-24(30-18-21)39-28(37)31-12-9-22(10-13-31)19-38-23-6-3-20(4-7-23)15-27(35)36/h3-8,18,22H,9-17,19H2,1-2H3,(H,35,36). The van der Waals surface area contributed by atoms with E-state index in [1.54, 1.807) is 47.5 Å². The van der Waals surface area contributed by atoms with Crippen LogP contribution in [0.15, 0.2) is 42.6 Å². The number of hydrogen-bond donors (Lipinski definition) is 1. The van der Waals surface area contributed by atoms with Gasteiger partial charge in [-0.15, -0.1) is 0 Å². The Labute approximate surface area is 227 Å². The van der Waals surface area contributed by atoms with Gasteiger partial charge in [-0.25, -0.2) is 9.78 Å². The smallest absolute Gasteiger partial charge is 0.416 e. The molecule has 0 aliphatic carbocycles. The van der Waals surface area contributed by atoms with Crippen LogP contribution in [0.4, 0.5) is 4.79 Å². The summed E-state index contributed by atoms with van der Waals surface area (Å²) < 4.78 is 11.3. The van der Waals surface area contributed by atoms with Crippen molar-refractivity contribution < 1.29 is 33.8 Å². The number of piperidine rings is 2. The second kappa shape index (κ2) is 12.3. The summed E-state index contributed by atoms with van der Waals surface area (Å²) in [5, 5.41) is 8.86. The summed E-state index contributed by atoms with van der Waals surface area (Å²) in [5.41, 5.74) is 1.28. The molecule has 208 valence electrons. The van der Waals surface area contributed by atoms with Crippen LogP contribution >= 0.6 is 0 Å². The number of likely N-dealkylation sites (tertiary alicyclic amines) is 2. The summed E-state index contributed by atoms with van der Waals surface area (Å²) in [5.74, 6) is 0.0427. The number of pyridine rings is 1. The molecule has 10 heteroatoms. The maximum absolute atomic E-state index is 12.6. The number of rotatable bonds is 9. The largest absolute Gasteiger partial charge is 0.493 e. The lowest BCUT2D eigenvalue weighted by molar-refractivity contribution is -0.152. The van der Waals surface area contributed by atoms with E-state index in [9.17, 15) is 19.2 Å². The van der Waals surface area contributed by atoms with E-state index in [2.05, 4.69) is 4.98 Å². The van der Waals surface area contributed by atoms with E-state index in [-0.39, 0.29) is 29.5 Å². The number of aliphatic carboxylic acids is 1. The number of carbonyl (C=O) groups is 4. The Morgan fingerprint density at radius 3 is 2.23 bits per heavy atom. The number of amides is 3. The number of carbonyl (C=O) groups excluding carboxylic acids is 3. The second-order valence-electron chi connectivity index (χ2n) is 11.0. The lowest BCUT2D eigenvalue weighted by Gasteiger charge is -2.34. The van der Waals surface area contributed by atoms with Crippen LogP contribution < -0.4 is 9.47 Å². The minimum absolute atomic E-state index is 0.0176. The van der Waals surface area contributed by atoms with Crippen LogP contribution in [-0.2, 0) is 27.2 Å². The number of carboxylic acid groups (broad SMARTS) is 1.